The first kappa shape index (κ1) is 59.3. The molecule has 1 unspecified atom stereocenters. The first-order valence-corrected chi connectivity index (χ1v) is 28.0. The fraction of sp³-hybridized carbons (Fsp3) is 0.509. The minimum Gasteiger partial charge on any atom is -0.451 e. The van der Waals surface area contributed by atoms with Gasteiger partial charge in [-0.15, -0.1) is 0 Å². The number of aliphatic hydroxyl groups is 1. The molecular weight excluding hydrogens is 1010 g/mol. The molecule has 22 heteroatoms. The zero-order valence-electron chi connectivity index (χ0n) is 44.8. The molecule has 0 bridgehead atoms. The number of cyclic esters (lactones) is 1. The number of nitrogens with one attached hydrogen (secondary N) is 4. The van der Waals surface area contributed by atoms with E-state index >= 15 is 0 Å². The maximum atomic E-state index is 14.5. The lowest BCUT2D eigenvalue weighted by Gasteiger charge is -2.35. The van der Waals surface area contributed by atoms with Crippen molar-refractivity contribution in [3.8, 4) is 23.2 Å². The van der Waals surface area contributed by atoms with Crippen LogP contribution in [-0.2, 0) is 55.4 Å². The van der Waals surface area contributed by atoms with Crippen molar-refractivity contribution in [1.29, 1.82) is 0 Å². The molecule has 6 rings (SSSR count). The molecule has 4 aromatic rings. The molecular formula is C55H70FN9O11S. The van der Waals surface area contributed by atoms with Gasteiger partial charge in [0.15, 0.2) is 11.7 Å². The monoisotopic (exact) mass is 1080 g/mol. The molecule has 0 fully saturated rings. The summed E-state index contributed by atoms with van der Waals surface area (Å²) in [5, 5.41) is 22.8. The molecule has 2 aliphatic heterocycles. The van der Waals surface area contributed by atoms with E-state index in [1.807, 2.05) is 6.07 Å². The number of hydrogen-bond acceptors (Lipinski definition) is 15. The van der Waals surface area contributed by atoms with Crippen LogP contribution >= 0.6 is 0 Å². The number of hydrogen-bond donors (Lipinski definition) is 5. The molecule has 1 aromatic carbocycles. The topological polar surface area (TPSA) is 270 Å². The number of halogens is 1. The molecule has 20 nitrogen and oxygen atoms in total. The van der Waals surface area contributed by atoms with Gasteiger partial charge < -0.3 is 45.3 Å². The van der Waals surface area contributed by atoms with E-state index in [2.05, 4.69) is 66.8 Å². The number of ether oxygens (including phenoxy) is 2. The Bertz CT molecular complexity index is 3090. The standard InChI is InChI=1S/C55H70FN9O11S/c1-8-21-64(22-9-2)23-15-14-18-41(62-51(69)48(34(4)5)63-45(66)20-13-11-12-17-36-29-58-54(59-30-36)77(7,73)74)50(68)57-31-46(67)60-33-75-24-16-19-44-47-39(55(72,10-3)53(71)76-44)27-43-49-38(32-65(43)52(47)70)26-37-25-35(6)40(56)28-42(37)61-49/h16,19,25-30,34,41,44,48,72H,8-11,13-15,18,20-24,31-33H2,1-7H3,(H,57,68)(H,60,67)(H,62,69)(H,63,66)/b19-16+/t41-,44?,48-,55-/m0/s1. The van der Waals surface area contributed by atoms with Gasteiger partial charge in [-0.1, -0.05) is 52.5 Å². The molecule has 0 aliphatic carbocycles. The van der Waals surface area contributed by atoms with Gasteiger partial charge in [-0.3, -0.25) is 24.0 Å². The van der Waals surface area contributed by atoms with Gasteiger partial charge in [0.2, 0.25) is 38.6 Å². The van der Waals surface area contributed by atoms with Gasteiger partial charge in [0.05, 0.1) is 47.7 Å². The van der Waals surface area contributed by atoms with E-state index in [1.54, 1.807) is 39.8 Å². The van der Waals surface area contributed by atoms with Gasteiger partial charge in [0.25, 0.3) is 5.56 Å². The summed E-state index contributed by atoms with van der Waals surface area (Å²) < 4.78 is 50.4. The molecule has 0 saturated carbocycles. The van der Waals surface area contributed by atoms with Crippen LogP contribution in [0.3, 0.4) is 0 Å². The van der Waals surface area contributed by atoms with E-state index in [0.29, 0.717) is 52.7 Å². The summed E-state index contributed by atoms with van der Waals surface area (Å²) in [7, 11) is -3.55. The van der Waals surface area contributed by atoms with E-state index in [0.717, 1.165) is 50.7 Å². The van der Waals surface area contributed by atoms with Crippen LogP contribution in [0.2, 0.25) is 0 Å². The van der Waals surface area contributed by atoms with Crippen molar-refractivity contribution in [1.82, 2.24) is 45.7 Å². The zero-order chi connectivity index (χ0) is 56.0. The minimum atomic E-state index is -3.55. The first-order chi connectivity index (χ1) is 36.7. The fourth-order valence-electron chi connectivity index (χ4n) is 9.18. The van der Waals surface area contributed by atoms with E-state index in [1.165, 1.54) is 35.2 Å². The number of aryl methyl sites for hydroxylation is 1. The van der Waals surface area contributed by atoms with E-state index in [4.69, 9.17) is 9.47 Å². The van der Waals surface area contributed by atoms with Crippen LogP contribution in [-0.4, -0.2) is 125 Å². The number of sulfone groups is 1. The molecule has 77 heavy (non-hydrogen) atoms. The van der Waals surface area contributed by atoms with Crippen molar-refractivity contribution >= 4 is 50.3 Å². The Balaban J connectivity index is 1.02. The highest BCUT2D eigenvalue weighted by Gasteiger charge is 2.48. The van der Waals surface area contributed by atoms with Crippen molar-refractivity contribution in [2.45, 2.75) is 135 Å². The number of rotatable bonds is 26. The summed E-state index contributed by atoms with van der Waals surface area (Å²) in [4.78, 5) is 95.6. The third-order valence-electron chi connectivity index (χ3n) is 13.3. The number of unbranched alkanes of at least 4 members (excludes halogenated alkanes) is 2. The summed E-state index contributed by atoms with van der Waals surface area (Å²) >= 11 is 0. The maximum Gasteiger partial charge on any atom is 0.343 e. The van der Waals surface area contributed by atoms with Crippen LogP contribution in [0, 0.1) is 30.5 Å². The molecule has 0 spiro atoms. The van der Waals surface area contributed by atoms with Crippen LogP contribution in [0.4, 0.5) is 4.39 Å². The average Bonchev–Trinajstić information content (AvgIpc) is 3.87. The van der Waals surface area contributed by atoms with Crippen molar-refractivity contribution in [3.05, 3.63) is 92.8 Å². The molecule has 3 aromatic heterocycles. The number of esters is 1. The Morgan fingerprint density at radius 3 is 2.39 bits per heavy atom. The number of pyridine rings is 2. The van der Waals surface area contributed by atoms with Gasteiger partial charge in [-0.25, -0.2) is 32.6 Å². The number of aromatic nitrogens is 4. The summed E-state index contributed by atoms with van der Waals surface area (Å²) in [6.45, 7) is 13.1. The number of carbonyl (C=O) groups is 5. The van der Waals surface area contributed by atoms with Crippen LogP contribution in [0.1, 0.15) is 126 Å². The van der Waals surface area contributed by atoms with Crippen LogP contribution in [0.5, 0.6) is 0 Å². The van der Waals surface area contributed by atoms with Crippen LogP contribution in [0.25, 0.3) is 22.3 Å². The maximum absolute atomic E-state index is 14.5. The van der Waals surface area contributed by atoms with Gasteiger partial charge in [0, 0.05) is 54.1 Å². The number of amides is 4. The second kappa shape index (κ2) is 26.9. The Morgan fingerprint density at radius 1 is 0.987 bits per heavy atom. The predicted molar refractivity (Wildman–Crippen MR) is 285 cm³/mol. The normalized spacial score (nSPS) is 16.5. The molecule has 5 N–H and O–H groups in total. The van der Waals surface area contributed by atoms with Gasteiger partial charge in [-0.2, -0.15) is 0 Å². The third-order valence-corrected chi connectivity index (χ3v) is 14.2. The molecule has 4 amide bonds. The van der Waals surface area contributed by atoms with Crippen LogP contribution < -0.4 is 26.8 Å². The molecule has 414 valence electrons. The Hall–Kier alpha value is -6.93. The molecule has 2 aliphatic rings. The Morgan fingerprint density at radius 2 is 1.71 bits per heavy atom. The summed E-state index contributed by atoms with van der Waals surface area (Å²) in [6.07, 6.45) is 9.73. The van der Waals surface area contributed by atoms with Crippen molar-refractivity contribution < 1.29 is 51.4 Å². The molecule has 4 atom stereocenters. The first-order valence-electron chi connectivity index (χ1n) is 26.1. The average molecular weight is 1080 g/mol. The number of nitrogens with zero attached hydrogens (tertiary/aromatic N) is 5. The minimum absolute atomic E-state index is 0.0653. The van der Waals surface area contributed by atoms with Gasteiger partial charge in [-0.05, 0) is 107 Å². The fourth-order valence-corrected chi connectivity index (χ4v) is 9.67. The summed E-state index contributed by atoms with van der Waals surface area (Å²) in [5.41, 5.74) is 0.369. The second-order valence-electron chi connectivity index (χ2n) is 19.7. The van der Waals surface area contributed by atoms with E-state index < -0.39 is 75.2 Å². The quantitative estimate of drug-likeness (QED) is 0.0130. The second-order valence-corrected chi connectivity index (χ2v) is 21.6. The predicted octanol–water partition coefficient (Wildman–Crippen LogP) is 4.16. The van der Waals surface area contributed by atoms with E-state index in [9.17, 15) is 46.7 Å². The summed E-state index contributed by atoms with van der Waals surface area (Å²) in [5.74, 6) is 1.94. The number of benzene rings is 1. The lowest BCUT2D eigenvalue weighted by atomic mass is 9.83. The van der Waals surface area contributed by atoms with Crippen molar-refractivity contribution in [3.63, 3.8) is 0 Å². The van der Waals surface area contributed by atoms with Gasteiger partial charge >= 0.3 is 5.97 Å². The lowest BCUT2D eigenvalue weighted by Crippen LogP contribution is -2.56. The zero-order valence-corrected chi connectivity index (χ0v) is 45.6. The highest BCUT2D eigenvalue weighted by molar-refractivity contribution is 7.90. The van der Waals surface area contributed by atoms with Crippen molar-refractivity contribution in [2.75, 3.05) is 45.8 Å². The molecule has 0 saturated heterocycles. The number of carbonyl (C=O) groups excluding carboxylic acids is 5. The smallest absolute Gasteiger partial charge is 0.343 e. The molecule has 0 radical (unpaired) electrons. The van der Waals surface area contributed by atoms with Crippen molar-refractivity contribution in [2.24, 2.45) is 5.92 Å². The molecule has 5 heterocycles. The third kappa shape index (κ3) is 15.2. The highest BCUT2D eigenvalue weighted by atomic mass is 32.2. The lowest BCUT2D eigenvalue weighted by molar-refractivity contribution is -0.175. The highest BCUT2D eigenvalue weighted by Crippen LogP contribution is 2.42. The Labute approximate surface area is 448 Å². The van der Waals surface area contributed by atoms with Crippen LogP contribution in [0.15, 0.2) is 58.8 Å². The largest absolute Gasteiger partial charge is 0.451 e. The van der Waals surface area contributed by atoms with E-state index in [-0.39, 0.29) is 67.3 Å². The number of fused-ring (bicyclic) bond motifs is 5. The van der Waals surface area contributed by atoms with Gasteiger partial charge in [0.1, 0.15) is 24.6 Å². The summed E-state index contributed by atoms with van der Waals surface area (Å²) in [6, 6.07) is 4.47. The Kier molecular flexibility index (Phi) is 20.7. The SMILES string of the molecule is CCCN(CCC)CCCC[C@H](NC(=O)[C@@H](NC(=O)CCCC#Cc1cnc(S(C)(=O)=O)nc1)C(C)C)C(=O)NCC(=O)NCOC/C=C/C1OC(=O)[C@](O)(CC)c2cc3n(c(=O)c21)Cc1cc2cc(C)c(F)cc2nc1-3.